The topological polar surface area (TPSA) is 70.5 Å². The van der Waals surface area contributed by atoms with Crippen LogP contribution in [0.25, 0.3) is 0 Å². The molecule has 1 aromatic rings. The molecular formula is C13H22N4O2. The van der Waals surface area contributed by atoms with Crippen molar-refractivity contribution in [3.05, 3.63) is 12.4 Å². The first kappa shape index (κ1) is 14.0. The van der Waals surface area contributed by atoms with Gasteiger partial charge in [-0.15, -0.1) is 0 Å². The second-order valence-corrected chi connectivity index (χ2v) is 4.91. The van der Waals surface area contributed by atoms with E-state index in [1.54, 1.807) is 20.4 Å². The van der Waals surface area contributed by atoms with Crippen molar-refractivity contribution in [3.8, 4) is 0 Å². The van der Waals surface area contributed by atoms with E-state index in [4.69, 9.17) is 4.74 Å². The molecule has 1 saturated heterocycles. The Bertz CT molecular complexity index is 392. The van der Waals surface area contributed by atoms with Crippen molar-refractivity contribution in [2.45, 2.75) is 32.0 Å². The second-order valence-electron chi connectivity index (χ2n) is 4.91. The SMILES string of the molecule is COC1CCN(c2cc(NC[C@@H](C)O)ncn2)CC1. The number of hydrogen-bond donors (Lipinski definition) is 2. The monoisotopic (exact) mass is 266 g/mol. The normalized spacial score (nSPS) is 18.4. The first-order chi connectivity index (χ1) is 9.19. The average Bonchev–Trinajstić information content (AvgIpc) is 2.45. The van der Waals surface area contributed by atoms with Crippen molar-refractivity contribution < 1.29 is 9.84 Å². The van der Waals surface area contributed by atoms with Gasteiger partial charge in [-0.1, -0.05) is 0 Å². The van der Waals surface area contributed by atoms with Crippen LogP contribution in [0.15, 0.2) is 12.4 Å². The molecule has 1 atom stereocenters. The van der Waals surface area contributed by atoms with E-state index in [0.717, 1.165) is 37.6 Å². The minimum atomic E-state index is -0.393. The van der Waals surface area contributed by atoms with Gasteiger partial charge in [0.25, 0.3) is 0 Å². The number of ether oxygens (including phenoxy) is 1. The standard InChI is InChI=1S/C13H22N4O2/c1-10(18)8-14-12-7-13(16-9-15-12)17-5-3-11(19-2)4-6-17/h7,9-11,18H,3-6,8H2,1-2H3,(H,14,15,16)/t10-/m1/s1. The van der Waals surface area contributed by atoms with Gasteiger partial charge in [0.2, 0.25) is 0 Å². The fraction of sp³-hybridized carbons (Fsp3) is 0.692. The lowest BCUT2D eigenvalue weighted by molar-refractivity contribution is 0.0818. The number of anilines is 2. The van der Waals surface area contributed by atoms with Crippen LogP contribution >= 0.6 is 0 Å². The zero-order valence-corrected chi connectivity index (χ0v) is 11.5. The van der Waals surface area contributed by atoms with Crippen LogP contribution in [-0.2, 0) is 4.74 Å². The summed E-state index contributed by atoms with van der Waals surface area (Å²) in [6.45, 7) is 4.13. The van der Waals surface area contributed by atoms with Crippen molar-refractivity contribution >= 4 is 11.6 Å². The molecule has 2 N–H and O–H groups in total. The molecule has 0 spiro atoms. The van der Waals surface area contributed by atoms with E-state index in [0.29, 0.717) is 12.6 Å². The highest BCUT2D eigenvalue weighted by Gasteiger charge is 2.19. The lowest BCUT2D eigenvalue weighted by Gasteiger charge is -2.32. The maximum atomic E-state index is 9.26. The summed E-state index contributed by atoms with van der Waals surface area (Å²) in [6, 6.07) is 1.93. The zero-order valence-electron chi connectivity index (χ0n) is 11.5. The van der Waals surface area contributed by atoms with Gasteiger partial charge in [0, 0.05) is 32.8 Å². The summed E-state index contributed by atoms with van der Waals surface area (Å²) in [5, 5.41) is 12.3. The van der Waals surface area contributed by atoms with Gasteiger partial charge in [0.15, 0.2) is 0 Å². The van der Waals surface area contributed by atoms with E-state index in [2.05, 4.69) is 20.2 Å². The fourth-order valence-electron chi connectivity index (χ4n) is 2.19. The number of piperidine rings is 1. The summed E-state index contributed by atoms with van der Waals surface area (Å²) in [7, 11) is 1.77. The zero-order chi connectivity index (χ0) is 13.7. The molecule has 0 aliphatic carbocycles. The Balaban J connectivity index is 1.95. The highest BCUT2D eigenvalue weighted by atomic mass is 16.5. The summed E-state index contributed by atoms with van der Waals surface area (Å²) in [5.74, 6) is 1.68. The summed E-state index contributed by atoms with van der Waals surface area (Å²) in [5.41, 5.74) is 0. The van der Waals surface area contributed by atoms with E-state index in [9.17, 15) is 5.11 Å². The molecule has 0 aromatic carbocycles. The maximum absolute atomic E-state index is 9.26. The van der Waals surface area contributed by atoms with Crippen molar-refractivity contribution in [3.63, 3.8) is 0 Å². The number of nitrogens with one attached hydrogen (secondary N) is 1. The quantitative estimate of drug-likeness (QED) is 0.824. The number of methoxy groups -OCH3 is 1. The van der Waals surface area contributed by atoms with E-state index >= 15 is 0 Å². The van der Waals surface area contributed by atoms with Gasteiger partial charge in [0.1, 0.15) is 18.0 Å². The van der Waals surface area contributed by atoms with Crippen molar-refractivity contribution in [2.75, 3.05) is 37.0 Å². The predicted molar refractivity (Wildman–Crippen MR) is 74.4 cm³/mol. The molecule has 2 rings (SSSR count). The van der Waals surface area contributed by atoms with Crippen LogP contribution in [-0.4, -0.2) is 54.0 Å². The number of rotatable bonds is 5. The minimum absolute atomic E-state index is 0.367. The molecule has 0 saturated carbocycles. The van der Waals surface area contributed by atoms with Crippen LogP contribution in [0, 0.1) is 0 Å². The van der Waals surface area contributed by atoms with E-state index in [-0.39, 0.29) is 0 Å². The van der Waals surface area contributed by atoms with Crippen molar-refractivity contribution in [1.82, 2.24) is 9.97 Å². The number of hydrogen-bond acceptors (Lipinski definition) is 6. The highest BCUT2D eigenvalue weighted by Crippen LogP contribution is 2.20. The molecule has 0 unspecified atom stereocenters. The summed E-state index contributed by atoms with van der Waals surface area (Å²) >= 11 is 0. The number of aliphatic hydroxyl groups excluding tert-OH is 1. The van der Waals surface area contributed by atoms with E-state index < -0.39 is 6.10 Å². The second kappa shape index (κ2) is 6.68. The van der Waals surface area contributed by atoms with Gasteiger partial charge in [-0.05, 0) is 19.8 Å². The first-order valence-corrected chi connectivity index (χ1v) is 6.70. The molecule has 1 aliphatic heterocycles. The number of aliphatic hydroxyl groups is 1. The van der Waals surface area contributed by atoms with Crippen LogP contribution in [0.3, 0.4) is 0 Å². The molecule has 0 radical (unpaired) electrons. The van der Waals surface area contributed by atoms with E-state index in [1.165, 1.54) is 0 Å². The minimum Gasteiger partial charge on any atom is -0.392 e. The van der Waals surface area contributed by atoms with Crippen molar-refractivity contribution in [1.29, 1.82) is 0 Å². The van der Waals surface area contributed by atoms with Gasteiger partial charge in [-0.2, -0.15) is 0 Å². The van der Waals surface area contributed by atoms with E-state index in [1.807, 2.05) is 6.07 Å². The Morgan fingerprint density at radius 2 is 2.21 bits per heavy atom. The Kier molecular flexibility index (Phi) is 4.93. The maximum Gasteiger partial charge on any atom is 0.134 e. The Hall–Kier alpha value is -1.40. The Labute approximate surface area is 113 Å². The van der Waals surface area contributed by atoms with Crippen molar-refractivity contribution in [2.24, 2.45) is 0 Å². The van der Waals surface area contributed by atoms with Gasteiger partial charge in [-0.25, -0.2) is 9.97 Å². The summed E-state index contributed by atoms with van der Waals surface area (Å²) in [6.07, 6.45) is 3.58. The van der Waals surface area contributed by atoms with Gasteiger partial charge >= 0.3 is 0 Å². The lowest BCUT2D eigenvalue weighted by Crippen LogP contribution is -2.37. The molecule has 106 valence electrons. The van der Waals surface area contributed by atoms with Gasteiger partial charge in [0.05, 0.1) is 12.2 Å². The van der Waals surface area contributed by atoms with Crippen LogP contribution in [0.1, 0.15) is 19.8 Å². The molecule has 1 aromatic heterocycles. The first-order valence-electron chi connectivity index (χ1n) is 6.70. The van der Waals surface area contributed by atoms with Crippen LogP contribution in [0.4, 0.5) is 11.6 Å². The third-order valence-corrected chi connectivity index (χ3v) is 3.33. The Morgan fingerprint density at radius 1 is 1.47 bits per heavy atom. The average molecular weight is 266 g/mol. The molecule has 1 fully saturated rings. The molecule has 6 heteroatoms. The number of aromatic nitrogens is 2. The molecule has 2 heterocycles. The largest absolute Gasteiger partial charge is 0.392 e. The van der Waals surface area contributed by atoms with Gasteiger partial charge < -0.3 is 20.1 Å². The van der Waals surface area contributed by atoms with Crippen LogP contribution in [0.2, 0.25) is 0 Å². The van der Waals surface area contributed by atoms with Crippen LogP contribution in [0.5, 0.6) is 0 Å². The van der Waals surface area contributed by atoms with Crippen LogP contribution < -0.4 is 10.2 Å². The molecule has 1 aliphatic rings. The smallest absolute Gasteiger partial charge is 0.134 e. The molecule has 6 nitrogen and oxygen atoms in total. The predicted octanol–water partition coefficient (Wildman–Crippen LogP) is 0.884. The molecule has 0 amide bonds. The third kappa shape index (κ3) is 4.04. The molecular weight excluding hydrogens is 244 g/mol. The van der Waals surface area contributed by atoms with Gasteiger partial charge in [-0.3, -0.25) is 0 Å². The highest BCUT2D eigenvalue weighted by molar-refractivity contribution is 5.48. The fourth-order valence-corrected chi connectivity index (χ4v) is 2.19. The molecule has 19 heavy (non-hydrogen) atoms. The lowest BCUT2D eigenvalue weighted by atomic mass is 10.1. The third-order valence-electron chi connectivity index (χ3n) is 3.33. The number of nitrogens with zero attached hydrogens (tertiary/aromatic N) is 3. The molecule has 0 bridgehead atoms. The summed E-state index contributed by atoms with van der Waals surface area (Å²) in [4.78, 5) is 10.7. The summed E-state index contributed by atoms with van der Waals surface area (Å²) < 4.78 is 5.36. The Morgan fingerprint density at radius 3 is 2.84 bits per heavy atom.